The Morgan fingerprint density at radius 1 is 1.22 bits per heavy atom. The van der Waals surface area contributed by atoms with Gasteiger partial charge >= 0.3 is 6.03 Å². The van der Waals surface area contributed by atoms with Crippen LogP contribution in [0.3, 0.4) is 0 Å². The van der Waals surface area contributed by atoms with Crippen LogP contribution in [0.4, 0.5) is 16.2 Å². The molecule has 0 aliphatic carbocycles. The predicted molar refractivity (Wildman–Crippen MR) is 68.7 cm³/mol. The number of carbonyl (C=O) groups is 1. The zero-order chi connectivity index (χ0) is 12.8. The summed E-state index contributed by atoms with van der Waals surface area (Å²) >= 11 is 0. The molecular weight excluding hydrogens is 230 g/mol. The lowest BCUT2D eigenvalue weighted by molar-refractivity contribution is 0.251. The minimum Gasteiger partial charge on any atom is -0.396 e. The first-order valence-electron chi connectivity index (χ1n) is 5.39. The van der Waals surface area contributed by atoms with Crippen LogP contribution in [0.1, 0.15) is 5.56 Å². The minimum atomic E-state index is -0.322. The molecule has 0 atom stereocenters. The van der Waals surface area contributed by atoms with E-state index >= 15 is 0 Å². The van der Waals surface area contributed by atoms with Gasteiger partial charge in [-0.2, -0.15) is 0 Å². The Labute approximate surface area is 104 Å². The Balaban J connectivity index is 1.88. The van der Waals surface area contributed by atoms with E-state index < -0.39 is 0 Å². The van der Waals surface area contributed by atoms with Gasteiger partial charge in [0.25, 0.3) is 0 Å². The van der Waals surface area contributed by atoms with E-state index in [1.807, 2.05) is 12.1 Å². The van der Waals surface area contributed by atoms with Crippen molar-refractivity contribution in [3.8, 4) is 0 Å². The van der Waals surface area contributed by atoms with E-state index in [0.717, 1.165) is 5.56 Å². The normalized spacial score (nSPS) is 9.78. The lowest BCUT2D eigenvalue weighted by Crippen LogP contribution is -2.28. The number of nitrogens with one attached hydrogen (secondary N) is 2. The molecule has 0 aromatic carbocycles. The van der Waals surface area contributed by atoms with Crippen LogP contribution in [-0.2, 0) is 6.54 Å². The lowest BCUT2D eigenvalue weighted by atomic mass is 10.3. The van der Waals surface area contributed by atoms with Crippen molar-refractivity contribution in [1.82, 2.24) is 15.3 Å². The summed E-state index contributed by atoms with van der Waals surface area (Å²) in [6.07, 6.45) is 6.42. The van der Waals surface area contributed by atoms with E-state index in [9.17, 15) is 4.79 Å². The van der Waals surface area contributed by atoms with Crippen molar-refractivity contribution in [3.05, 3.63) is 48.5 Å². The summed E-state index contributed by atoms with van der Waals surface area (Å²) in [5.74, 6) is 0. The number of hydrogen-bond acceptors (Lipinski definition) is 4. The molecule has 2 rings (SSSR count). The molecular formula is C12H13N5O. The monoisotopic (exact) mass is 243 g/mol. The summed E-state index contributed by atoms with van der Waals surface area (Å²) in [5.41, 5.74) is 7.55. The van der Waals surface area contributed by atoms with Crippen LogP contribution in [0.5, 0.6) is 0 Å². The van der Waals surface area contributed by atoms with Crippen LogP contribution >= 0.6 is 0 Å². The van der Waals surface area contributed by atoms with Gasteiger partial charge in [-0.05, 0) is 17.7 Å². The van der Waals surface area contributed by atoms with Crippen molar-refractivity contribution in [3.63, 3.8) is 0 Å². The zero-order valence-electron chi connectivity index (χ0n) is 9.63. The molecule has 0 fully saturated rings. The van der Waals surface area contributed by atoms with Gasteiger partial charge in [0.05, 0.1) is 17.6 Å². The summed E-state index contributed by atoms with van der Waals surface area (Å²) in [4.78, 5) is 19.4. The quantitative estimate of drug-likeness (QED) is 0.759. The highest BCUT2D eigenvalue weighted by atomic mass is 16.2. The molecule has 0 spiro atoms. The van der Waals surface area contributed by atoms with Crippen molar-refractivity contribution < 1.29 is 4.79 Å². The van der Waals surface area contributed by atoms with Crippen molar-refractivity contribution in [2.45, 2.75) is 6.54 Å². The van der Waals surface area contributed by atoms with Gasteiger partial charge in [-0.25, -0.2) is 4.79 Å². The summed E-state index contributed by atoms with van der Waals surface area (Å²) in [7, 11) is 0. The number of rotatable bonds is 3. The van der Waals surface area contributed by atoms with Crippen LogP contribution in [0, 0.1) is 0 Å². The van der Waals surface area contributed by atoms with Crippen molar-refractivity contribution >= 4 is 17.4 Å². The largest absolute Gasteiger partial charge is 0.396 e. The van der Waals surface area contributed by atoms with Gasteiger partial charge in [-0.3, -0.25) is 9.97 Å². The second-order valence-corrected chi connectivity index (χ2v) is 3.63. The number of nitrogens with zero attached hydrogens (tertiary/aromatic N) is 2. The van der Waals surface area contributed by atoms with Crippen molar-refractivity contribution in [2.75, 3.05) is 11.1 Å². The molecule has 0 saturated carbocycles. The topological polar surface area (TPSA) is 92.9 Å². The Morgan fingerprint density at radius 2 is 2.06 bits per heavy atom. The molecule has 2 amide bonds. The highest BCUT2D eigenvalue weighted by Gasteiger charge is 2.04. The van der Waals surface area contributed by atoms with Gasteiger partial charge in [0, 0.05) is 25.1 Å². The molecule has 0 aliphatic heterocycles. The number of anilines is 2. The van der Waals surface area contributed by atoms with E-state index in [2.05, 4.69) is 20.6 Å². The molecule has 6 heteroatoms. The second kappa shape index (κ2) is 5.62. The molecule has 2 aromatic rings. The molecule has 6 nitrogen and oxygen atoms in total. The van der Waals surface area contributed by atoms with Gasteiger partial charge in [-0.15, -0.1) is 0 Å². The molecule has 2 heterocycles. The van der Waals surface area contributed by atoms with Crippen LogP contribution in [0.25, 0.3) is 0 Å². The number of pyridine rings is 2. The molecule has 0 bridgehead atoms. The fraction of sp³-hybridized carbons (Fsp3) is 0.0833. The van der Waals surface area contributed by atoms with Gasteiger partial charge in [0.2, 0.25) is 0 Å². The number of aromatic nitrogens is 2. The number of nitrogens with two attached hydrogens (primary N) is 1. The van der Waals surface area contributed by atoms with Gasteiger partial charge in [0.15, 0.2) is 0 Å². The number of urea groups is 1. The zero-order valence-corrected chi connectivity index (χ0v) is 9.63. The molecule has 4 N–H and O–H groups in total. The Morgan fingerprint density at radius 3 is 2.78 bits per heavy atom. The molecule has 92 valence electrons. The van der Waals surface area contributed by atoms with Gasteiger partial charge in [0.1, 0.15) is 0 Å². The average molecular weight is 243 g/mol. The van der Waals surface area contributed by atoms with Crippen molar-refractivity contribution in [2.24, 2.45) is 0 Å². The van der Waals surface area contributed by atoms with E-state index in [0.29, 0.717) is 17.9 Å². The van der Waals surface area contributed by atoms with Crippen LogP contribution < -0.4 is 16.4 Å². The molecule has 0 unspecified atom stereocenters. The highest BCUT2D eigenvalue weighted by molar-refractivity contribution is 5.92. The minimum absolute atomic E-state index is 0.322. The third kappa shape index (κ3) is 3.18. The fourth-order valence-corrected chi connectivity index (χ4v) is 1.37. The van der Waals surface area contributed by atoms with Crippen LogP contribution in [-0.4, -0.2) is 16.0 Å². The van der Waals surface area contributed by atoms with E-state index in [1.54, 1.807) is 24.7 Å². The smallest absolute Gasteiger partial charge is 0.319 e. The highest BCUT2D eigenvalue weighted by Crippen LogP contribution is 2.14. The fourth-order valence-electron chi connectivity index (χ4n) is 1.37. The number of carbonyl (C=O) groups excluding carboxylic acids is 1. The third-order valence-electron chi connectivity index (χ3n) is 2.28. The first kappa shape index (κ1) is 11.8. The van der Waals surface area contributed by atoms with Crippen LogP contribution in [0.2, 0.25) is 0 Å². The van der Waals surface area contributed by atoms with Gasteiger partial charge in [-0.1, -0.05) is 6.07 Å². The Hall–Kier alpha value is -2.63. The maximum Gasteiger partial charge on any atom is 0.319 e. The Kier molecular flexibility index (Phi) is 3.70. The molecule has 2 aromatic heterocycles. The summed E-state index contributed by atoms with van der Waals surface area (Å²) < 4.78 is 0. The molecule has 0 saturated heterocycles. The summed E-state index contributed by atoms with van der Waals surface area (Å²) in [5, 5.41) is 5.35. The maximum absolute atomic E-state index is 11.6. The standard InChI is InChI=1S/C12H13N5O/c13-10-8-15-5-3-11(10)17-12(18)16-7-9-2-1-4-14-6-9/h1-6,8H,7,13H2,(H2,15,16,17,18). The van der Waals surface area contributed by atoms with E-state index in [4.69, 9.17) is 5.73 Å². The van der Waals surface area contributed by atoms with Crippen molar-refractivity contribution in [1.29, 1.82) is 0 Å². The first-order chi connectivity index (χ1) is 8.75. The summed E-state index contributed by atoms with van der Waals surface area (Å²) in [6.45, 7) is 0.407. The van der Waals surface area contributed by atoms with E-state index in [-0.39, 0.29) is 6.03 Å². The predicted octanol–water partition coefficient (Wildman–Crippen LogP) is 1.38. The molecule has 18 heavy (non-hydrogen) atoms. The third-order valence-corrected chi connectivity index (χ3v) is 2.28. The Bertz CT molecular complexity index is 529. The molecule has 0 aliphatic rings. The second-order valence-electron chi connectivity index (χ2n) is 3.63. The van der Waals surface area contributed by atoms with Gasteiger partial charge < -0.3 is 16.4 Å². The number of nitrogen functional groups attached to an aromatic ring is 1. The number of amides is 2. The van der Waals surface area contributed by atoms with E-state index in [1.165, 1.54) is 6.20 Å². The maximum atomic E-state index is 11.6. The first-order valence-corrected chi connectivity index (χ1v) is 5.39. The van der Waals surface area contributed by atoms with Crippen LogP contribution in [0.15, 0.2) is 43.0 Å². The SMILES string of the molecule is Nc1cnccc1NC(=O)NCc1cccnc1. The molecule has 0 radical (unpaired) electrons. The number of hydrogen-bond donors (Lipinski definition) is 3. The lowest BCUT2D eigenvalue weighted by Gasteiger charge is -2.08. The average Bonchev–Trinajstić information content (AvgIpc) is 2.40. The summed E-state index contributed by atoms with van der Waals surface area (Å²) in [6, 6.07) is 5.01.